The molecule has 0 bridgehead atoms. The van der Waals surface area contributed by atoms with Crippen LogP contribution in [0.1, 0.15) is 18.1 Å². The van der Waals surface area contributed by atoms with Gasteiger partial charge in [0.15, 0.2) is 11.5 Å². The van der Waals surface area contributed by atoms with Gasteiger partial charge in [0.25, 0.3) is 5.91 Å². The Labute approximate surface area is 130 Å². The Balaban J connectivity index is 1.76. The average Bonchev–Trinajstić information content (AvgIpc) is 2.50. The van der Waals surface area contributed by atoms with Crippen LogP contribution in [0.2, 0.25) is 0 Å². The fourth-order valence-corrected chi connectivity index (χ4v) is 2.44. The van der Waals surface area contributed by atoms with Gasteiger partial charge in [-0.2, -0.15) is 0 Å². The Bertz CT molecular complexity index is 711. The molecule has 1 amide bonds. The molecule has 2 atom stereocenters. The number of ether oxygens (including phenoxy) is 2. The van der Waals surface area contributed by atoms with Gasteiger partial charge in [-0.05, 0) is 56.2 Å². The molecule has 2 aromatic carbocycles. The maximum atomic E-state index is 12.5. The minimum Gasteiger partial charge on any atom is -0.482 e. The Morgan fingerprint density at radius 2 is 1.68 bits per heavy atom. The number of para-hydroxylation sites is 2. The number of hydrogen-bond acceptors (Lipinski definition) is 3. The Hall–Kier alpha value is -2.49. The second kappa shape index (κ2) is 5.72. The van der Waals surface area contributed by atoms with Crippen LogP contribution in [-0.2, 0) is 4.79 Å². The molecule has 1 heterocycles. The highest BCUT2D eigenvalue weighted by atomic mass is 16.6. The van der Waals surface area contributed by atoms with Crippen LogP contribution in [0, 0.1) is 13.8 Å². The van der Waals surface area contributed by atoms with Gasteiger partial charge in [-0.15, -0.1) is 0 Å². The summed E-state index contributed by atoms with van der Waals surface area (Å²) in [7, 11) is 0. The van der Waals surface area contributed by atoms with E-state index < -0.39 is 6.10 Å². The first-order valence-corrected chi connectivity index (χ1v) is 7.35. The third kappa shape index (κ3) is 2.77. The van der Waals surface area contributed by atoms with Crippen LogP contribution in [0.4, 0.5) is 5.69 Å². The number of carbonyl (C=O) groups is 1. The van der Waals surface area contributed by atoms with Crippen LogP contribution < -0.4 is 14.8 Å². The lowest BCUT2D eigenvalue weighted by atomic mass is 10.1. The topological polar surface area (TPSA) is 47.6 Å². The van der Waals surface area contributed by atoms with E-state index in [-0.39, 0.29) is 12.0 Å². The van der Waals surface area contributed by atoms with Crippen LogP contribution >= 0.6 is 0 Å². The van der Waals surface area contributed by atoms with Crippen LogP contribution in [0.25, 0.3) is 0 Å². The van der Waals surface area contributed by atoms with Crippen molar-refractivity contribution in [3.05, 3.63) is 53.6 Å². The first kappa shape index (κ1) is 14.4. The maximum absolute atomic E-state index is 12.5. The van der Waals surface area contributed by atoms with Crippen molar-refractivity contribution in [3.8, 4) is 11.5 Å². The van der Waals surface area contributed by atoms with Crippen molar-refractivity contribution >= 4 is 11.6 Å². The molecule has 1 aliphatic heterocycles. The normalized spacial score (nSPS) is 19.6. The molecule has 1 N–H and O–H groups in total. The number of fused-ring (bicyclic) bond motifs is 1. The van der Waals surface area contributed by atoms with Crippen molar-refractivity contribution in [2.24, 2.45) is 0 Å². The highest BCUT2D eigenvalue weighted by molar-refractivity contribution is 5.95. The fourth-order valence-electron chi connectivity index (χ4n) is 2.44. The van der Waals surface area contributed by atoms with Crippen LogP contribution in [0.5, 0.6) is 11.5 Å². The van der Waals surface area contributed by atoms with Crippen molar-refractivity contribution < 1.29 is 14.3 Å². The van der Waals surface area contributed by atoms with Gasteiger partial charge in [-0.25, -0.2) is 0 Å². The summed E-state index contributed by atoms with van der Waals surface area (Å²) < 4.78 is 11.6. The molecule has 0 saturated carbocycles. The van der Waals surface area contributed by atoms with Crippen LogP contribution in [-0.4, -0.2) is 18.1 Å². The number of anilines is 1. The second-order valence-corrected chi connectivity index (χ2v) is 5.60. The van der Waals surface area contributed by atoms with Crippen molar-refractivity contribution in [2.45, 2.75) is 33.0 Å². The molecule has 22 heavy (non-hydrogen) atoms. The zero-order valence-electron chi connectivity index (χ0n) is 12.9. The number of carbonyl (C=O) groups excluding carboxylic acids is 1. The predicted octanol–water partition coefficient (Wildman–Crippen LogP) is 3.47. The molecule has 4 heteroatoms. The van der Waals surface area contributed by atoms with Gasteiger partial charge in [0.1, 0.15) is 6.10 Å². The van der Waals surface area contributed by atoms with E-state index in [1.807, 2.05) is 57.2 Å². The summed E-state index contributed by atoms with van der Waals surface area (Å²) in [6, 6.07) is 13.2. The molecule has 3 rings (SSSR count). The highest BCUT2D eigenvalue weighted by Gasteiger charge is 2.34. The number of rotatable bonds is 2. The zero-order chi connectivity index (χ0) is 15.7. The quantitative estimate of drug-likeness (QED) is 0.923. The number of amides is 1. The smallest absolute Gasteiger partial charge is 0.269 e. The zero-order valence-corrected chi connectivity index (χ0v) is 12.9. The summed E-state index contributed by atoms with van der Waals surface area (Å²) in [5.74, 6) is 1.07. The molecule has 0 spiro atoms. The lowest BCUT2D eigenvalue weighted by Crippen LogP contribution is -2.46. The third-order valence-corrected chi connectivity index (χ3v) is 3.88. The molecule has 2 aromatic rings. The van der Waals surface area contributed by atoms with Crippen molar-refractivity contribution in [3.63, 3.8) is 0 Å². The van der Waals surface area contributed by atoms with Crippen LogP contribution in [0.3, 0.4) is 0 Å². The van der Waals surface area contributed by atoms with Crippen molar-refractivity contribution in [2.75, 3.05) is 5.32 Å². The van der Waals surface area contributed by atoms with E-state index in [0.29, 0.717) is 11.5 Å². The number of hydrogen-bond donors (Lipinski definition) is 1. The summed E-state index contributed by atoms with van der Waals surface area (Å²) in [5.41, 5.74) is 3.09. The van der Waals surface area contributed by atoms with Gasteiger partial charge >= 0.3 is 0 Å². The molecule has 0 unspecified atom stereocenters. The minimum absolute atomic E-state index is 0.203. The van der Waals surface area contributed by atoms with Gasteiger partial charge in [-0.1, -0.05) is 18.2 Å². The summed E-state index contributed by atoms with van der Waals surface area (Å²) in [6.45, 7) is 5.89. The Morgan fingerprint density at radius 1 is 1.00 bits per heavy atom. The summed E-state index contributed by atoms with van der Waals surface area (Å²) >= 11 is 0. The Morgan fingerprint density at radius 3 is 2.36 bits per heavy atom. The lowest BCUT2D eigenvalue weighted by molar-refractivity contribution is -0.128. The summed E-state index contributed by atoms with van der Waals surface area (Å²) in [5, 5.41) is 2.90. The van der Waals surface area contributed by atoms with Crippen LogP contribution in [0.15, 0.2) is 42.5 Å². The van der Waals surface area contributed by atoms with E-state index in [2.05, 4.69) is 5.32 Å². The SMILES string of the molecule is Cc1ccc(NC(=O)[C@@H]2Oc3ccccc3O[C@H]2C)cc1C. The van der Waals surface area contributed by atoms with Gasteiger partial charge in [0.05, 0.1) is 0 Å². The second-order valence-electron chi connectivity index (χ2n) is 5.60. The standard InChI is InChI=1S/C18H19NO3/c1-11-8-9-14(10-12(11)2)19-18(20)17-13(3)21-15-6-4-5-7-16(15)22-17/h4-10,13,17H,1-3H3,(H,19,20)/t13-,17+/m0/s1. The van der Waals surface area contributed by atoms with Gasteiger partial charge in [-0.3, -0.25) is 4.79 Å². The molecular formula is C18H19NO3. The van der Waals surface area contributed by atoms with Crippen molar-refractivity contribution in [1.82, 2.24) is 0 Å². The molecule has 0 fully saturated rings. The predicted molar refractivity (Wildman–Crippen MR) is 85.5 cm³/mol. The van der Waals surface area contributed by atoms with Gasteiger partial charge in [0.2, 0.25) is 6.10 Å². The molecule has 0 aromatic heterocycles. The van der Waals surface area contributed by atoms with E-state index >= 15 is 0 Å². The number of nitrogens with one attached hydrogen (secondary N) is 1. The monoisotopic (exact) mass is 297 g/mol. The lowest BCUT2D eigenvalue weighted by Gasteiger charge is -2.31. The molecule has 1 aliphatic rings. The molecule has 4 nitrogen and oxygen atoms in total. The molecular weight excluding hydrogens is 278 g/mol. The highest BCUT2D eigenvalue weighted by Crippen LogP contribution is 2.33. The molecule has 0 aliphatic carbocycles. The minimum atomic E-state index is -0.670. The number of aryl methyl sites for hydroxylation is 2. The van der Waals surface area contributed by atoms with E-state index in [4.69, 9.17) is 9.47 Å². The average molecular weight is 297 g/mol. The van der Waals surface area contributed by atoms with E-state index in [1.54, 1.807) is 6.07 Å². The summed E-state index contributed by atoms with van der Waals surface area (Å²) in [6.07, 6.45) is -1.02. The van der Waals surface area contributed by atoms with E-state index in [1.165, 1.54) is 5.56 Å². The molecule has 114 valence electrons. The molecule has 0 saturated heterocycles. The first-order valence-electron chi connectivity index (χ1n) is 7.35. The summed E-state index contributed by atoms with van der Waals surface area (Å²) in [4.78, 5) is 12.5. The third-order valence-electron chi connectivity index (χ3n) is 3.88. The first-order chi connectivity index (χ1) is 10.5. The fraction of sp³-hybridized carbons (Fsp3) is 0.278. The Kier molecular flexibility index (Phi) is 3.75. The molecule has 0 radical (unpaired) electrons. The largest absolute Gasteiger partial charge is 0.482 e. The van der Waals surface area contributed by atoms with Gasteiger partial charge < -0.3 is 14.8 Å². The van der Waals surface area contributed by atoms with E-state index in [9.17, 15) is 4.79 Å². The van der Waals surface area contributed by atoms with E-state index in [0.717, 1.165) is 11.3 Å². The van der Waals surface area contributed by atoms with Crippen molar-refractivity contribution in [1.29, 1.82) is 0 Å². The number of benzene rings is 2. The maximum Gasteiger partial charge on any atom is 0.269 e. The van der Waals surface area contributed by atoms with Gasteiger partial charge in [0, 0.05) is 5.69 Å².